The van der Waals surface area contributed by atoms with Crippen LogP contribution >= 0.6 is 0 Å². The summed E-state index contributed by atoms with van der Waals surface area (Å²) in [6.07, 6.45) is 0.485. The Morgan fingerprint density at radius 2 is 2.23 bits per heavy atom. The van der Waals surface area contributed by atoms with Crippen molar-refractivity contribution < 1.29 is 9.84 Å². The van der Waals surface area contributed by atoms with Gasteiger partial charge >= 0.3 is 0 Å². The Labute approximate surface area is 80.7 Å². The first-order valence-electron chi connectivity index (χ1n) is 5.18. The smallest absolute Gasteiger partial charge is 0.0960 e. The molecule has 78 valence electrons. The summed E-state index contributed by atoms with van der Waals surface area (Å²) in [4.78, 5) is 2.35. The van der Waals surface area contributed by atoms with Gasteiger partial charge in [-0.1, -0.05) is 6.92 Å². The van der Waals surface area contributed by atoms with Gasteiger partial charge in [0.1, 0.15) is 0 Å². The minimum atomic E-state index is -0.304. The van der Waals surface area contributed by atoms with E-state index in [4.69, 9.17) is 4.74 Å². The average Bonchev–Trinajstić information content (AvgIpc) is 2.17. The van der Waals surface area contributed by atoms with Gasteiger partial charge in [0.2, 0.25) is 0 Å². The Morgan fingerprint density at radius 1 is 1.54 bits per heavy atom. The highest BCUT2D eigenvalue weighted by Gasteiger charge is 2.26. The van der Waals surface area contributed by atoms with Crippen LogP contribution in [-0.4, -0.2) is 48.0 Å². The molecular weight excluding hydrogens is 166 g/mol. The first kappa shape index (κ1) is 11.0. The number of rotatable bonds is 3. The zero-order valence-corrected chi connectivity index (χ0v) is 8.86. The van der Waals surface area contributed by atoms with Gasteiger partial charge in [-0.05, 0) is 20.3 Å². The molecule has 1 N–H and O–H groups in total. The van der Waals surface area contributed by atoms with Crippen LogP contribution in [0.15, 0.2) is 0 Å². The lowest BCUT2D eigenvalue weighted by Crippen LogP contribution is -2.49. The molecule has 0 aromatic heterocycles. The van der Waals surface area contributed by atoms with E-state index in [9.17, 15) is 5.11 Å². The summed E-state index contributed by atoms with van der Waals surface area (Å²) in [6, 6.07) is 0.551. The van der Waals surface area contributed by atoms with Crippen LogP contribution in [0.5, 0.6) is 0 Å². The Hall–Kier alpha value is -0.120. The molecule has 3 nitrogen and oxygen atoms in total. The molecule has 0 radical (unpaired) electrons. The number of morpholine rings is 1. The van der Waals surface area contributed by atoms with E-state index < -0.39 is 0 Å². The van der Waals surface area contributed by atoms with Crippen molar-refractivity contribution in [3.8, 4) is 0 Å². The van der Waals surface area contributed by atoms with E-state index in [2.05, 4.69) is 18.7 Å². The van der Waals surface area contributed by atoms with Crippen LogP contribution in [0, 0.1) is 0 Å². The fourth-order valence-corrected chi connectivity index (χ4v) is 1.66. The molecule has 0 aromatic rings. The predicted octanol–water partition coefficient (Wildman–Crippen LogP) is 0.866. The second kappa shape index (κ2) is 4.94. The van der Waals surface area contributed by atoms with Crippen molar-refractivity contribution in [1.82, 2.24) is 4.90 Å². The van der Waals surface area contributed by atoms with Gasteiger partial charge in [0.15, 0.2) is 0 Å². The minimum absolute atomic E-state index is 0.0150. The van der Waals surface area contributed by atoms with Gasteiger partial charge in [-0.2, -0.15) is 0 Å². The Morgan fingerprint density at radius 3 is 2.77 bits per heavy atom. The average molecular weight is 187 g/mol. The quantitative estimate of drug-likeness (QED) is 0.711. The molecule has 0 spiro atoms. The Balaban J connectivity index is 2.41. The van der Waals surface area contributed by atoms with Gasteiger partial charge < -0.3 is 9.84 Å². The van der Waals surface area contributed by atoms with E-state index in [1.807, 2.05) is 6.92 Å². The monoisotopic (exact) mass is 187 g/mol. The highest BCUT2D eigenvalue weighted by molar-refractivity contribution is 4.78. The first-order valence-corrected chi connectivity index (χ1v) is 5.18. The van der Waals surface area contributed by atoms with Crippen LogP contribution in [0.25, 0.3) is 0 Å². The number of nitrogens with zero attached hydrogens (tertiary/aromatic N) is 1. The third-order valence-electron chi connectivity index (χ3n) is 2.70. The molecule has 0 aliphatic carbocycles. The summed E-state index contributed by atoms with van der Waals surface area (Å²) >= 11 is 0. The lowest BCUT2D eigenvalue weighted by atomic mass is 10.1. The van der Waals surface area contributed by atoms with Gasteiger partial charge in [0.05, 0.1) is 18.8 Å². The van der Waals surface area contributed by atoms with Crippen LogP contribution in [0.3, 0.4) is 0 Å². The second-order valence-corrected chi connectivity index (χ2v) is 3.97. The van der Waals surface area contributed by atoms with Crippen LogP contribution < -0.4 is 0 Å². The summed E-state index contributed by atoms with van der Waals surface area (Å²) in [6.45, 7) is 8.96. The number of hydrogen-bond donors (Lipinski definition) is 1. The van der Waals surface area contributed by atoms with Gasteiger partial charge in [-0.25, -0.2) is 0 Å². The normalized spacial score (nSPS) is 27.9. The molecule has 0 amide bonds. The number of hydrogen-bond acceptors (Lipinski definition) is 3. The molecule has 1 saturated heterocycles. The van der Waals surface area contributed by atoms with E-state index in [-0.39, 0.29) is 12.2 Å². The third-order valence-corrected chi connectivity index (χ3v) is 2.70. The van der Waals surface area contributed by atoms with Gasteiger partial charge in [-0.3, -0.25) is 4.90 Å². The highest BCUT2D eigenvalue weighted by atomic mass is 16.5. The summed E-state index contributed by atoms with van der Waals surface area (Å²) in [7, 11) is 0. The second-order valence-electron chi connectivity index (χ2n) is 3.97. The molecule has 1 aliphatic rings. The maximum atomic E-state index is 9.63. The van der Waals surface area contributed by atoms with Crippen LogP contribution in [0.2, 0.25) is 0 Å². The lowest BCUT2D eigenvalue weighted by Gasteiger charge is -2.37. The number of aliphatic hydroxyl groups excluding tert-OH is 1. The van der Waals surface area contributed by atoms with Crippen LogP contribution in [-0.2, 0) is 4.74 Å². The molecule has 13 heavy (non-hydrogen) atoms. The fraction of sp³-hybridized carbons (Fsp3) is 1.00. The Bertz CT molecular complexity index is 150. The van der Waals surface area contributed by atoms with E-state index in [0.29, 0.717) is 6.04 Å². The fourth-order valence-electron chi connectivity index (χ4n) is 1.66. The molecular formula is C10H21NO2. The zero-order chi connectivity index (χ0) is 9.84. The maximum absolute atomic E-state index is 9.63. The standard InChI is InChI=1S/C10H21NO2/c1-4-9(12)10-7-11(8(2)3)5-6-13-10/h8-10,12H,4-7H2,1-3H3. The Kier molecular flexibility index (Phi) is 4.16. The molecule has 1 heterocycles. The van der Waals surface area contributed by atoms with Crippen LogP contribution in [0.1, 0.15) is 27.2 Å². The predicted molar refractivity (Wildman–Crippen MR) is 52.7 cm³/mol. The van der Waals surface area contributed by atoms with E-state index in [1.165, 1.54) is 0 Å². The molecule has 1 fully saturated rings. The van der Waals surface area contributed by atoms with Crippen molar-refractivity contribution in [2.75, 3.05) is 19.7 Å². The molecule has 3 heteroatoms. The van der Waals surface area contributed by atoms with Crippen molar-refractivity contribution >= 4 is 0 Å². The molecule has 1 rings (SSSR count). The summed E-state index contributed by atoms with van der Waals surface area (Å²) in [5.41, 5.74) is 0. The zero-order valence-electron chi connectivity index (χ0n) is 8.86. The van der Waals surface area contributed by atoms with Crippen molar-refractivity contribution in [2.24, 2.45) is 0 Å². The molecule has 0 saturated carbocycles. The number of ether oxygens (including phenoxy) is 1. The number of aliphatic hydroxyl groups is 1. The SMILES string of the molecule is CCC(O)C1CN(C(C)C)CCO1. The summed E-state index contributed by atoms with van der Waals surface area (Å²) in [5.74, 6) is 0. The van der Waals surface area contributed by atoms with Crippen molar-refractivity contribution in [3.63, 3.8) is 0 Å². The van der Waals surface area contributed by atoms with Crippen molar-refractivity contribution in [2.45, 2.75) is 45.4 Å². The van der Waals surface area contributed by atoms with Crippen molar-refractivity contribution in [1.29, 1.82) is 0 Å². The van der Waals surface area contributed by atoms with E-state index in [0.717, 1.165) is 26.1 Å². The van der Waals surface area contributed by atoms with Gasteiger partial charge in [0.25, 0.3) is 0 Å². The molecule has 0 bridgehead atoms. The summed E-state index contributed by atoms with van der Waals surface area (Å²) < 4.78 is 5.52. The molecule has 1 aliphatic heterocycles. The highest BCUT2D eigenvalue weighted by Crippen LogP contribution is 2.13. The maximum Gasteiger partial charge on any atom is 0.0960 e. The first-order chi connectivity index (χ1) is 6.15. The van der Waals surface area contributed by atoms with E-state index >= 15 is 0 Å². The largest absolute Gasteiger partial charge is 0.390 e. The molecule has 2 unspecified atom stereocenters. The van der Waals surface area contributed by atoms with E-state index in [1.54, 1.807) is 0 Å². The summed E-state index contributed by atoms with van der Waals surface area (Å²) in [5, 5.41) is 9.63. The van der Waals surface area contributed by atoms with Crippen LogP contribution in [0.4, 0.5) is 0 Å². The van der Waals surface area contributed by atoms with Gasteiger partial charge in [-0.15, -0.1) is 0 Å². The molecule has 2 atom stereocenters. The topological polar surface area (TPSA) is 32.7 Å². The third kappa shape index (κ3) is 2.93. The van der Waals surface area contributed by atoms with Gasteiger partial charge in [0, 0.05) is 19.1 Å². The van der Waals surface area contributed by atoms with Crippen molar-refractivity contribution in [3.05, 3.63) is 0 Å². The molecule has 0 aromatic carbocycles. The lowest BCUT2D eigenvalue weighted by molar-refractivity contribution is -0.0951. The minimum Gasteiger partial charge on any atom is -0.390 e.